The molecule has 2 fully saturated rings. The Hall–Kier alpha value is -1.97. The highest BCUT2D eigenvalue weighted by molar-refractivity contribution is 9.10. The van der Waals surface area contributed by atoms with E-state index in [2.05, 4.69) is 15.9 Å². The summed E-state index contributed by atoms with van der Waals surface area (Å²) in [5, 5.41) is 0. The van der Waals surface area contributed by atoms with Crippen molar-refractivity contribution in [3.8, 4) is 5.75 Å². The van der Waals surface area contributed by atoms with Crippen LogP contribution < -0.4 is 4.74 Å². The number of carbonyl (C=O) groups is 2. The second kappa shape index (κ2) is 7.94. The molecule has 3 rings (SSSR count). The van der Waals surface area contributed by atoms with Gasteiger partial charge in [0, 0.05) is 29.7 Å². The molecular weight excluding hydrogens is 469 g/mol. The first kappa shape index (κ1) is 22.7. The van der Waals surface area contributed by atoms with Crippen LogP contribution in [0.2, 0.25) is 0 Å². The van der Waals surface area contributed by atoms with Crippen molar-refractivity contribution in [3.63, 3.8) is 0 Å². The SMILES string of the molecule is CC(C)(C)OC(=O)N1CCN(C(=O)c2cc(Br)cc(OCC(F)(F)F)c2)C2(CC2)C1. The molecule has 166 valence electrons. The summed E-state index contributed by atoms with van der Waals surface area (Å²) in [7, 11) is 0. The van der Waals surface area contributed by atoms with Crippen LogP contribution in [0, 0.1) is 0 Å². The highest BCUT2D eigenvalue weighted by atomic mass is 79.9. The molecule has 0 unspecified atom stereocenters. The van der Waals surface area contributed by atoms with Crippen molar-refractivity contribution in [1.82, 2.24) is 9.80 Å². The minimum Gasteiger partial charge on any atom is -0.484 e. The van der Waals surface area contributed by atoms with Crippen molar-refractivity contribution in [1.29, 1.82) is 0 Å². The van der Waals surface area contributed by atoms with Gasteiger partial charge in [0.2, 0.25) is 0 Å². The van der Waals surface area contributed by atoms with E-state index < -0.39 is 30.0 Å². The zero-order valence-electron chi connectivity index (χ0n) is 17.0. The van der Waals surface area contributed by atoms with E-state index >= 15 is 0 Å². The molecule has 2 aliphatic rings. The second-order valence-electron chi connectivity index (χ2n) is 8.66. The quantitative estimate of drug-likeness (QED) is 0.617. The fourth-order valence-electron chi connectivity index (χ4n) is 3.44. The van der Waals surface area contributed by atoms with E-state index in [0.29, 0.717) is 24.1 Å². The summed E-state index contributed by atoms with van der Waals surface area (Å²) in [6.45, 7) is 4.97. The molecule has 30 heavy (non-hydrogen) atoms. The van der Waals surface area contributed by atoms with Crippen LogP contribution in [-0.4, -0.2) is 65.4 Å². The zero-order chi connectivity index (χ0) is 22.3. The Balaban J connectivity index is 1.72. The van der Waals surface area contributed by atoms with Crippen LogP contribution in [0.25, 0.3) is 0 Å². The molecule has 6 nitrogen and oxygen atoms in total. The number of halogens is 4. The molecule has 0 atom stereocenters. The van der Waals surface area contributed by atoms with Gasteiger partial charge in [-0.3, -0.25) is 4.79 Å². The number of rotatable bonds is 3. The lowest BCUT2D eigenvalue weighted by Gasteiger charge is -2.42. The molecule has 1 aliphatic heterocycles. The monoisotopic (exact) mass is 492 g/mol. The van der Waals surface area contributed by atoms with Gasteiger partial charge in [-0.05, 0) is 51.8 Å². The molecule has 1 spiro atoms. The zero-order valence-corrected chi connectivity index (χ0v) is 18.6. The molecule has 1 saturated heterocycles. The highest BCUT2D eigenvalue weighted by Gasteiger charge is 2.54. The minimum atomic E-state index is -4.47. The average Bonchev–Trinajstić information content (AvgIpc) is 3.36. The predicted molar refractivity (Wildman–Crippen MR) is 107 cm³/mol. The molecule has 10 heteroatoms. The van der Waals surface area contributed by atoms with E-state index in [0.717, 1.165) is 12.8 Å². The molecule has 0 bridgehead atoms. The molecule has 1 saturated carbocycles. The Bertz CT molecular complexity index is 834. The summed E-state index contributed by atoms with van der Waals surface area (Å²) < 4.78 is 48.0. The van der Waals surface area contributed by atoms with Gasteiger partial charge in [0.25, 0.3) is 5.91 Å². The Morgan fingerprint density at radius 1 is 1.13 bits per heavy atom. The van der Waals surface area contributed by atoms with Crippen molar-refractivity contribution in [2.45, 2.75) is 50.9 Å². The third-order valence-corrected chi connectivity index (χ3v) is 5.35. The van der Waals surface area contributed by atoms with Gasteiger partial charge < -0.3 is 19.3 Å². The van der Waals surface area contributed by atoms with E-state index in [1.165, 1.54) is 12.1 Å². The first-order valence-corrected chi connectivity index (χ1v) is 10.4. The second-order valence-corrected chi connectivity index (χ2v) is 9.58. The molecule has 0 radical (unpaired) electrons. The van der Waals surface area contributed by atoms with Gasteiger partial charge in [0.05, 0.1) is 5.54 Å². The molecule has 1 aliphatic carbocycles. The van der Waals surface area contributed by atoms with Crippen molar-refractivity contribution >= 4 is 27.9 Å². The molecule has 1 heterocycles. The summed E-state index contributed by atoms with van der Waals surface area (Å²) in [6.07, 6.45) is -3.37. The molecular formula is C20H24BrF3N2O4. The van der Waals surface area contributed by atoms with Crippen LogP contribution in [0.1, 0.15) is 44.0 Å². The van der Waals surface area contributed by atoms with Crippen molar-refractivity contribution in [2.75, 3.05) is 26.2 Å². The number of carbonyl (C=O) groups excluding carboxylic acids is 2. The fraction of sp³-hybridized carbons (Fsp3) is 0.600. The Morgan fingerprint density at radius 3 is 2.37 bits per heavy atom. The normalized spacial score (nSPS) is 18.4. The first-order valence-electron chi connectivity index (χ1n) is 9.58. The van der Waals surface area contributed by atoms with Crippen molar-refractivity contribution in [3.05, 3.63) is 28.2 Å². The Morgan fingerprint density at radius 2 is 1.80 bits per heavy atom. The van der Waals surface area contributed by atoms with E-state index in [4.69, 9.17) is 9.47 Å². The smallest absolute Gasteiger partial charge is 0.422 e. The Labute approximate surface area is 181 Å². The average molecular weight is 493 g/mol. The first-order chi connectivity index (χ1) is 13.8. The molecule has 0 N–H and O–H groups in total. The van der Waals surface area contributed by atoms with Gasteiger partial charge in [-0.2, -0.15) is 13.2 Å². The van der Waals surface area contributed by atoms with Gasteiger partial charge in [-0.25, -0.2) is 4.79 Å². The number of alkyl halides is 3. The minimum absolute atomic E-state index is 0.0395. The molecule has 2 amide bonds. The summed E-state index contributed by atoms with van der Waals surface area (Å²) >= 11 is 3.23. The summed E-state index contributed by atoms with van der Waals surface area (Å²) in [4.78, 5) is 28.9. The largest absolute Gasteiger partial charge is 0.484 e. The Kier molecular flexibility index (Phi) is 6.01. The lowest BCUT2D eigenvalue weighted by molar-refractivity contribution is -0.153. The van der Waals surface area contributed by atoms with Gasteiger partial charge >= 0.3 is 12.3 Å². The number of ether oxygens (including phenoxy) is 2. The third kappa shape index (κ3) is 5.59. The van der Waals surface area contributed by atoms with Gasteiger partial charge in [-0.1, -0.05) is 15.9 Å². The summed E-state index contributed by atoms with van der Waals surface area (Å²) in [6, 6.07) is 4.25. The maximum atomic E-state index is 13.2. The number of amides is 2. The fourth-order valence-corrected chi connectivity index (χ4v) is 3.91. The van der Waals surface area contributed by atoms with Crippen LogP contribution in [0.15, 0.2) is 22.7 Å². The maximum absolute atomic E-state index is 13.2. The van der Waals surface area contributed by atoms with Gasteiger partial charge in [0.1, 0.15) is 11.4 Å². The maximum Gasteiger partial charge on any atom is 0.422 e. The molecule has 1 aromatic carbocycles. The topological polar surface area (TPSA) is 59.1 Å². The third-order valence-electron chi connectivity index (χ3n) is 4.90. The number of hydrogen-bond donors (Lipinski definition) is 0. The predicted octanol–water partition coefficient (Wildman–Crippen LogP) is 4.62. The van der Waals surface area contributed by atoms with Crippen LogP contribution >= 0.6 is 15.9 Å². The van der Waals surface area contributed by atoms with Crippen LogP contribution in [0.4, 0.5) is 18.0 Å². The van der Waals surface area contributed by atoms with E-state index in [9.17, 15) is 22.8 Å². The standard InChI is InChI=1S/C20H24BrF3N2O4/c1-18(2,3)30-17(28)25-6-7-26(19(11-25)4-5-19)16(27)13-8-14(21)10-15(9-13)29-12-20(22,23)24/h8-10H,4-7,11-12H2,1-3H3. The molecule has 1 aromatic rings. The van der Waals surface area contributed by atoms with Crippen molar-refractivity contribution < 1.29 is 32.2 Å². The number of benzene rings is 1. The highest BCUT2D eigenvalue weighted by Crippen LogP contribution is 2.45. The van der Waals surface area contributed by atoms with Crippen LogP contribution in [-0.2, 0) is 4.74 Å². The van der Waals surface area contributed by atoms with Gasteiger partial charge in [0.15, 0.2) is 6.61 Å². The van der Waals surface area contributed by atoms with E-state index in [1.54, 1.807) is 36.6 Å². The van der Waals surface area contributed by atoms with Gasteiger partial charge in [-0.15, -0.1) is 0 Å². The number of nitrogens with zero attached hydrogens (tertiary/aromatic N) is 2. The van der Waals surface area contributed by atoms with Crippen molar-refractivity contribution in [2.24, 2.45) is 0 Å². The summed E-state index contributed by atoms with van der Waals surface area (Å²) in [5.41, 5.74) is -0.829. The summed E-state index contributed by atoms with van der Waals surface area (Å²) in [5.74, 6) is -0.336. The van der Waals surface area contributed by atoms with E-state index in [-0.39, 0.29) is 17.2 Å². The number of hydrogen-bond acceptors (Lipinski definition) is 4. The van der Waals surface area contributed by atoms with E-state index in [1.807, 2.05) is 0 Å². The van der Waals surface area contributed by atoms with Crippen LogP contribution in [0.5, 0.6) is 5.75 Å². The van der Waals surface area contributed by atoms with Crippen LogP contribution in [0.3, 0.4) is 0 Å². The lowest BCUT2D eigenvalue weighted by atomic mass is 10.1. The molecule has 0 aromatic heterocycles. The lowest BCUT2D eigenvalue weighted by Crippen LogP contribution is -2.58. The number of piperazine rings is 1.